The molecule has 19 heavy (non-hydrogen) atoms. The molecule has 1 aliphatic rings. The van der Waals surface area contributed by atoms with Crippen molar-refractivity contribution in [3.05, 3.63) is 24.6 Å². The van der Waals surface area contributed by atoms with Crippen molar-refractivity contribution in [1.82, 2.24) is 4.98 Å². The summed E-state index contributed by atoms with van der Waals surface area (Å²) in [6.45, 7) is 0.634. The smallest absolute Gasteiger partial charge is 0.311 e. The zero-order chi connectivity index (χ0) is 13.4. The summed E-state index contributed by atoms with van der Waals surface area (Å²) in [6, 6.07) is 3.40. The predicted molar refractivity (Wildman–Crippen MR) is 68.1 cm³/mol. The molecule has 0 spiro atoms. The van der Waals surface area contributed by atoms with Gasteiger partial charge in [-0.3, -0.25) is 4.79 Å². The Hall–Kier alpha value is -2.08. The predicted octanol–water partition coefficient (Wildman–Crippen LogP) is 1.36. The zero-order valence-electron chi connectivity index (χ0n) is 10.4. The number of fused-ring (bicyclic) bond motifs is 1. The lowest BCUT2D eigenvalue weighted by atomic mass is 10.0. The molecule has 2 aromatic rings. The number of nitrogens with zero attached hydrogens (tertiary/aromatic N) is 2. The molecule has 2 unspecified atom stereocenters. The molecule has 0 amide bonds. The topological polar surface area (TPSA) is 75.8 Å². The van der Waals surface area contributed by atoms with Crippen LogP contribution in [-0.2, 0) is 9.53 Å². The summed E-state index contributed by atoms with van der Waals surface area (Å²) < 4.78 is 10.6. The van der Waals surface area contributed by atoms with Gasteiger partial charge < -0.3 is 19.2 Å². The minimum atomic E-state index is -0.839. The van der Waals surface area contributed by atoms with Crippen LogP contribution in [0.3, 0.4) is 0 Å². The minimum Gasteiger partial charge on any atom is -0.481 e. The van der Waals surface area contributed by atoms with Crippen molar-refractivity contribution in [2.45, 2.75) is 6.04 Å². The fourth-order valence-corrected chi connectivity index (χ4v) is 2.48. The van der Waals surface area contributed by atoms with Crippen molar-refractivity contribution in [2.75, 3.05) is 25.2 Å². The number of carbonyl (C=O) groups is 1. The molecule has 1 fully saturated rings. The molecule has 0 bridgehead atoms. The first-order valence-electron chi connectivity index (χ1n) is 6.04. The lowest BCUT2D eigenvalue weighted by molar-refractivity contribution is -0.141. The number of likely N-dealkylation sites (N-methyl/N-ethyl adjacent to an activating group) is 1. The molecular weight excluding hydrogens is 248 g/mol. The number of anilines is 1. The molecule has 6 nitrogen and oxygen atoms in total. The third-order valence-corrected chi connectivity index (χ3v) is 3.56. The molecule has 2 atom stereocenters. The second-order valence-electron chi connectivity index (χ2n) is 4.63. The summed E-state index contributed by atoms with van der Waals surface area (Å²) in [6.07, 6.45) is 3.26. The van der Waals surface area contributed by atoms with Crippen molar-refractivity contribution in [3.63, 3.8) is 0 Å². The molecule has 100 valence electrons. The number of furan rings is 1. The number of aliphatic carboxylic acids is 1. The lowest BCUT2D eigenvalue weighted by Gasteiger charge is -2.27. The first-order valence-corrected chi connectivity index (χ1v) is 6.04. The maximum absolute atomic E-state index is 11.2. The van der Waals surface area contributed by atoms with Crippen LogP contribution in [0.4, 0.5) is 5.82 Å². The van der Waals surface area contributed by atoms with Gasteiger partial charge in [-0.2, -0.15) is 0 Å². The summed E-state index contributed by atoms with van der Waals surface area (Å²) in [5.41, 5.74) is 0.739. The van der Waals surface area contributed by atoms with Crippen LogP contribution in [0.25, 0.3) is 11.0 Å². The van der Waals surface area contributed by atoms with Crippen LogP contribution in [-0.4, -0.2) is 42.4 Å². The third-order valence-electron chi connectivity index (χ3n) is 3.56. The Balaban J connectivity index is 1.97. The van der Waals surface area contributed by atoms with Crippen LogP contribution in [0.15, 0.2) is 29.0 Å². The standard InChI is InChI=1S/C13H14N2O4/c1-15(10-7-18-6-9(10)13(16)17)12-8-3-5-19-11(8)2-4-14-12/h2-5,9-10H,6-7H2,1H3,(H,16,17). The number of rotatable bonds is 3. The molecule has 0 aromatic carbocycles. The third kappa shape index (κ3) is 1.94. The van der Waals surface area contributed by atoms with E-state index in [-0.39, 0.29) is 12.6 Å². The summed E-state index contributed by atoms with van der Waals surface area (Å²) >= 11 is 0. The van der Waals surface area contributed by atoms with Gasteiger partial charge >= 0.3 is 5.97 Å². The van der Waals surface area contributed by atoms with Gasteiger partial charge in [0.05, 0.1) is 30.9 Å². The molecule has 0 aliphatic carbocycles. The average Bonchev–Trinajstić information content (AvgIpc) is 3.05. The molecule has 3 heterocycles. The molecule has 3 rings (SSSR count). The van der Waals surface area contributed by atoms with Gasteiger partial charge in [0, 0.05) is 13.2 Å². The van der Waals surface area contributed by atoms with E-state index in [1.807, 2.05) is 18.0 Å². The van der Waals surface area contributed by atoms with E-state index in [2.05, 4.69) is 4.98 Å². The van der Waals surface area contributed by atoms with E-state index in [0.29, 0.717) is 12.4 Å². The molecule has 6 heteroatoms. The molecule has 0 saturated carbocycles. The van der Waals surface area contributed by atoms with Crippen LogP contribution in [0.2, 0.25) is 0 Å². The van der Waals surface area contributed by atoms with Gasteiger partial charge in [-0.15, -0.1) is 0 Å². The largest absolute Gasteiger partial charge is 0.481 e. The fourth-order valence-electron chi connectivity index (χ4n) is 2.48. The maximum Gasteiger partial charge on any atom is 0.311 e. The maximum atomic E-state index is 11.2. The fraction of sp³-hybridized carbons (Fsp3) is 0.385. The lowest BCUT2D eigenvalue weighted by Crippen LogP contribution is -2.41. The minimum absolute atomic E-state index is 0.217. The Morgan fingerprint density at radius 3 is 3.11 bits per heavy atom. The van der Waals surface area contributed by atoms with Gasteiger partial charge in [0.15, 0.2) is 0 Å². The van der Waals surface area contributed by atoms with Crippen molar-refractivity contribution in [1.29, 1.82) is 0 Å². The van der Waals surface area contributed by atoms with Crippen LogP contribution < -0.4 is 4.90 Å². The van der Waals surface area contributed by atoms with Crippen LogP contribution in [0, 0.1) is 5.92 Å². The van der Waals surface area contributed by atoms with Gasteiger partial charge in [-0.25, -0.2) is 4.98 Å². The van der Waals surface area contributed by atoms with Crippen molar-refractivity contribution >= 4 is 22.8 Å². The first-order chi connectivity index (χ1) is 9.18. The van der Waals surface area contributed by atoms with E-state index in [9.17, 15) is 9.90 Å². The highest BCUT2D eigenvalue weighted by molar-refractivity contribution is 5.88. The second kappa shape index (κ2) is 4.55. The van der Waals surface area contributed by atoms with E-state index in [1.54, 1.807) is 18.5 Å². The monoisotopic (exact) mass is 262 g/mol. The van der Waals surface area contributed by atoms with Gasteiger partial charge in [-0.1, -0.05) is 0 Å². The first kappa shape index (κ1) is 12.0. The number of carboxylic acids is 1. The van der Waals surface area contributed by atoms with Gasteiger partial charge in [-0.05, 0) is 12.1 Å². The summed E-state index contributed by atoms with van der Waals surface area (Å²) in [7, 11) is 1.84. The molecule has 2 aromatic heterocycles. The number of hydrogen-bond acceptors (Lipinski definition) is 5. The average molecular weight is 262 g/mol. The Morgan fingerprint density at radius 1 is 1.47 bits per heavy atom. The summed E-state index contributed by atoms with van der Waals surface area (Å²) in [4.78, 5) is 17.4. The van der Waals surface area contributed by atoms with E-state index >= 15 is 0 Å². The van der Waals surface area contributed by atoms with E-state index < -0.39 is 11.9 Å². The summed E-state index contributed by atoms with van der Waals surface area (Å²) in [5, 5.41) is 10.1. The SMILES string of the molecule is CN(c1nccc2occc12)C1COCC1C(=O)O. The molecule has 0 radical (unpaired) electrons. The Kier molecular flexibility index (Phi) is 2.87. The molecule has 1 N–H and O–H groups in total. The van der Waals surface area contributed by atoms with Crippen LogP contribution in [0.5, 0.6) is 0 Å². The molecular formula is C13H14N2O4. The van der Waals surface area contributed by atoms with Gasteiger partial charge in [0.1, 0.15) is 17.3 Å². The van der Waals surface area contributed by atoms with Gasteiger partial charge in [0.25, 0.3) is 0 Å². The van der Waals surface area contributed by atoms with Crippen molar-refractivity contribution in [3.8, 4) is 0 Å². The van der Waals surface area contributed by atoms with Crippen molar-refractivity contribution in [2.24, 2.45) is 5.92 Å². The van der Waals surface area contributed by atoms with Gasteiger partial charge in [0.2, 0.25) is 0 Å². The second-order valence-corrected chi connectivity index (χ2v) is 4.63. The van der Waals surface area contributed by atoms with Crippen LogP contribution >= 0.6 is 0 Å². The highest BCUT2D eigenvalue weighted by Crippen LogP contribution is 2.29. The normalized spacial score (nSPS) is 22.8. The van der Waals surface area contributed by atoms with Crippen molar-refractivity contribution < 1.29 is 19.1 Å². The highest BCUT2D eigenvalue weighted by atomic mass is 16.5. The van der Waals surface area contributed by atoms with E-state index in [0.717, 1.165) is 11.0 Å². The Labute approximate surface area is 109 Å². The molecule has 1 aliphatic heterocycles. The number of hydrogen-bond donors (Lipinski definition) is 1. The van der Waals surface area contributed by atoms with Crippen LogP contribution in [0.1, 0.15) is 0 Å². The Bertz CT molecular complexity index is 609. The van der Waals surface area contributed by atoms with E-state index in [4.69, 9.17) is 9.15 Å². The number of carboxylic acid groups (broad SMARTS) is 1. The zero-order valence-corrected chi connectivity index (χ0v) is 10.4. The number of pyridine rings is 1. The van der Waals surface area contributed by atoms with E-state index in [1.165, 1.54) is 0 Å². The highest BCUT2D eigenvalue weighted by Gasteiger charge is 2.37. The number of aromatic nitrogens is 1. The number of ether oxygens (including phenoxy) is 1. The Morgan fingerprint density at radius 2 is 2.32 bits per heavy atom. The quantitative estimate of drug-likeness (QED) is 0.900. The molecule has 1 saturated heterocycles. The summed E-state index contributed by atoms with van der Waals surface area (Å²) in [5.74, 6) is -0.657.